The molecule has 1 aliphatic rings. The zero-order valence-corrected chi connectivity index (χ0v) is 14.2. The Morgan fingerprint density at radius 3 is 2.30 bits per heavy atom. The zero-order valence-electron chi connectivity index (χ0n) is 13.4. The van der Waals surface area contributed by atoms with Crippen LogP contribution in [0.25, 0.3) is 0 Å². The van der Waals surface area contributed by atoms with Gasteiger partial charge in [0.15, 0.2) is 0 Å². The van der Waals surface area contributed by atoms with E-state index in [0.29, 0.717) is 5.69 Å². The summed E-state index contributed by atoms with van der Waals surface area (Å²) in [5.74, 6) is -0.420. The van der Waals surface area contributed by atoms with Gasteiger partial charge >= 0.3 is 0 Å². The number of carbonyl (C=O) groups excluding carboxylic acids is 1. The summed E-state index contributed by atoms with van der Waals surface area (Å²) in [5, 5.41) is 2.66. The molecular formula is C14H23N5O3S. The molecule has 23 heavy (non-hydrogen) atoms. The predicted molar refractivity (Wildman–Crippen MR) is 90.8 cm³/mol. The molecule has 0 radical (unpaired) electrons. The van der Waals surface area contributed by atoms with E-state index in [1.54, 1.807) is 0 Å². The average molecular weight is 341 g/mol. The second-order valence-electron chi connectivity index (χ2n) is 5.41. The van der Waals surface area contributed by atoms with Crippen LogP contribution in [0, 0.1) is 0 Å². The summed E-state index contributed by atoms with van der Waals surface area (Å²) in [6, 6.07) is 7.55. The summed E-state index contributed by atoms with van der Waals surface area (Å²) in [6.45, 7) is 3.71. The second kappa shape index (κ2) is 7.73. The molecule has 0 bridgehead atoms. The van der Waals surface area contributed by atoms with Crippen molar-refractivity contribution >= 4 is 27.5 Å². The van der Waals surface area contributed by atoms with Gasteiger partial charge in [-0.3, -0.25) is 4.79 Å². The number of anilines is 2. The number of nitrogens with zero attached hydrogens (tertiary/aromatic N) is 2. The maximum Gasteiger partial charge on any atom is 0.277 e. The summed E-state index contributed by atoms with van der Waals surface area (Å²) in [5.41, 5.74) is 1.75. The lowest BCUT2D eigenvalue weighted by atomic mass is 10.2. The molecule has 3 N–H and O–H groups in total. The largest absolute Gasteiger partial charge is 0.369 e. The van der Waals surface area contributed by atoms with Crippen LogP contribution in [0.2, 0.25) is 0 Å². The normalized spacial score (nSPS) is 16.3. The van der Waals surface area contributed by atoms with Crippen molar-refractivity contribution in [3.05, 3.63) is 24.3 Å². The smallest absolute Gasteiger partial charge is 0.277 e. The molecule has 1 saturated heterocycles. The van der Waals surface area contributed by atoms with Crippen molar-refractivity contribution in [3.8, 4) is 0 Å². The van der Waals surface area contributed by atoms with Gasteiger partial charge in [0.25, 0.3) is 10.2 Å². The Kier molecular flexibility index (Phi) is 5.94. The van der Waals surface area contributed by atoms with E-state index in [-0.39, 0.29) is 6.54 Å². The highest BCUT2D eigenvalue weighted by atomic mass is 32.2. The average Bonchev–Trinajstić information content (AvgIpc) is 2.55. The first-order valence-corrected chi connectivity index (χ1v) is 8.89. The van der Waals surface area contributed by atoms with Crippen molar-refractivity contribution in [1.82, 2.24) is 14.3 Å². The maximum absolute atomic E-state index is 11.7. The fourth-order valence-corrected chi connectivity index (χ4v) is 2.72. The molecule has 0 saturated carbocycles. The molecule has 0 atom stereocenters. The Balaban J connectivity index is 1.86. The molecule has 0 spiro atoms. The van der Waals surface area contributed by atoms with Crippen LogP contribution in [-0.4, -0.2) is 66.0 Å². The highest BCUT2D eigenvalue weighted by Crippen LogP contribution is 2.19. The topological polar surface area (TPSA) is 93.8 Å². The molecule has 0 aliphatic carbocycles. The molecule has 2 rings (SSSR count). The Morgan fingerprint density at radius 1 is 1.13 bits per heavy atom. The van der Waals surface area contributed by atoms with Gasteiger partial charge in [0.2, 0.25) is 5.91 Å². The minimum atomic E-state index is -3.60. The fourth-order valence-electron chi connectivity index (χ4n) is 2.26. The van der Waals surface area contributed by atoms with Gasteiger partial charge < -0.3 is 15.1 Å². The number of carbonyl (C=O) groups is 1. The standard InChI is InChI=1S/C14H23N5O3S/c1-15-23(21,22)16-11-14(20)17-12-3-5-13(6-4-12)19-9-7-18(2)8-10-19/h3-6,15-16H,7-11H2,1-2H3,(H,17,20). The summed E-state index contributed by atoms with van der Waals surface area (Å²) in [6.07, 6.45) is 0. The molecule has 1 heterocycles. The lowest BCUT2D eigenvalue weighted by Crippen LogP contribution is -2.44. The second-order valence-corrected chi connectivity index (χ2v) is 7.12. The highest BCUT2D eigenvalue weighted by Gasteiger charge is 2.14. The Labute approximate surface area is 137 Å². The van der Waals surface area contributed by atoms with Crippen molar-refractivity contribution in [2.24, 2.45) is 0 Å². The van der Waals surface area contributed by atoms with Crippen LogP contribution in [0.3, 0.4) is 0 Å². The first-order chi connectivity index (χ1) is 10.9. The van der Waals surface area contributed by atoms with Crippen molar-refractivity contribution in [1.29, 1.82) is 0 Å². The SMILES string of the molecule is CNS(=O)(=O)NCC(=O)Nc1ccc(N2CCN(C)CC2)cc1. The van der Waals surface area contributed by atoms with E-state index in [1.807, 2.05) is 24.3 Å². The molecule has 128 valence electrons. The molecule has 0 unspecified atom stereocenters. The molecule has 1 aliphatic heterocycles. The zero-order chi connectivity index (χ0) is 16.9. The van der Waals surface area contributed by atoms with E-state index in [9.17, 15) is 13.2 Å². The summed E-state index contributed by atoms with van der Waals surface area (Å²) in [4.78, 5) is 16.3. The van der Waals surface area contributed by atoms with Gasteiger partial charge in [0.05, 0.1) is 6.54 Å². The number of likely N-dealkylation sites (N-methyl/N-ethyl adjacent to an activating group) is 1. The molecule has 1 fully saturated rings. The number of benzene rings is 1. The maximum atomic E-state index is 11.7. The van der Waals surface area contributed by atoms with E-state index in [0.717, 1.165) is 31.9 Å². The lowest BCUT2D eigenvalue weighted by molar-refractivity contribution is -0.115. The van der Waals surface area contributed by atoms with Gasteiger partial charge in [-0.1, -0.05) is 0 Å². The Morgan fingerprint density at radius 2 is 1.74 bits per heavy atom. The third-order valence-corrected chi connectivity index (χ3v) is 4.77. The van der Waals surface area contributed by atoms with E-state index in [4.69, 9.17) is 0 Å². The van der Waals surface area contributed by atoms with E-state index in [2.05, 4.69) is 31.6 Å². The third kappa shape index (κ3) is 5.47. The minimum absolute atomic E-state index is 0.316. The van der Waals surface area contributed by atoms with Gasteiger partial charge in [-0.25, -0.2) is 4.72 Å². The van der Waals surface area contributed by atoms with Crippen molar-refractivity contribution in [2.45, 2.75) is 0 Å². The number of nitrogens with one attached hydrogen (secondary N) is 3. The van der Waals surface area contributed by atoms with Crippen LogP contribution in [0.15, 0.2) is 24.3 Å². The Bertz CT molecular complexity index is 624. The molecular weight excluding hydrogens is 318 g/mol. The van der Waals surface area contributed by atoms with Crippen molar-refractivity contribution < 1.29 is 13.2 Å². The van der Waals surface area contributed by atoms with Gasteiger partial charge in [0.1, 0.15) is 0 Å². The van der Waals surface area contributed by atoms with Crippen molar-refractivity contribution in [3.63, 3.8) is 0 Å². The summed E-state index contributed by atoms with van der Waals surface area (Å²) < 4.78 is 26.6. The first kappa shape index (κ1) is 17.7. The van der Waals surface area contributed by atoms with E-state index in [1.165, 1.54) is 7.05 Å². The van der Waals surface area contributed by atoms with Crippen LogP contribution >= 0.6 is 0 Å². The minimum Gasteiger partial charge on any atom is -0.369 e. The predicted octanol–water partition coefficient (Wildman–Crippen LogP) is -0.569. The van der Waals surface area contributed by atoms with Gasteiger partial charge in [-0.05, 0) is 31.3 Å². The quantitative estimate of drug-likeness (QED) is 0.644. The summed E-state index contributed by atoms with van der Waals surface area (Å²) >= 11 is 0. The fraction of sp³-hybridized carbons (Fsp3) is 0.500. The van der Waals surface area contributed by atoms with E-state index >= 15 is 0 Å². The van der Waals surface area contributed by atoms with Gasteiger partial charge in [-0.2, -0.15) is 13.1 Å². The van der Waals surface area contributed by atoms with E-state index < -0.39 is 16.1 Å². The number of hydrogen-bond acceptors (Lipinski definition) is 5. The third-order valence-electron chi connectivity index (χ3n) is 3.71. The van der Waals surface area contributed by atoms with Gasteiger partial charge in [-0.15, -0.1) is 0 Å². The number of rotatable bonds is 6. The molecule has 1 amide bonds. The molecule has 0 aromatic heterocycles. The molecule has 9 heteroatoms. The molecule has 8 nitrogen and oxygen atoms in total. The van der Waals surface area contributed by atoms with Crippen molar-refractivity contribution in [2.75, 3.05) is 57.0 Å². The Hall–Kier alpha value is -1.68. The monoisotopic (exact) mass is 341 g/mol. The number of piperazine rings is 1. The molecule has 1 aromatic rings. The summed E-state index contributed by atoms with van der Waals surface area (Å²) in [7, 11) is -0.220. The highest BCUT2D eigenvalue weighted by molar-refractivity contribution is 7.87. The van der Waals surface area contributed by atoms with Crippen LogP contribution < -0.4 is 19.7 Å². The van der Waals surface area contributed by atoms with Gasteiger partial charge in [0, 0.05) is 44.6 Å². The number of amides is 1. The van der Waals surface area contributed by atoms with Crippen LogP contribution in [0.5, 0.6) is 0 Å². The number of hydrogen-bond donors (Lipinski definition) is 3. The lowest BCUT2D eigenvalue weighted by Gasteiger charge is -2.34. The van der Waals surface area contributed by atoms with Crippen LogP contribution in [0.4, 0.5) is 11.4 Å². The molecule has 1 aromatic carbocycles. The van der Waals surface area contributed by atoms with Crippen LogP contribution in [0.1, 0.15) is 0 Å². The van der Waals surface area contributed by atoms with Crippen LogP contribution in [-0.2, 0) is 15.0 Å². The first-order valence-electron chi connectivity index (χ1n) is 7.41.